The average Bonchev–Trinajstić information content (AvgIpc) is 2.98. The number of fused-ring (bicyclic) bond motifs is 1. The number of para-hydroxylation sites is 2. The lowest BCUT2D eigenvalue weighted by molar-refractivity contribution is 0.552. The van der Waals surface area contributed by atoms with Crippen LogP contribution >= 0.6 is 11.3 Å². The number of nitrogens with one attached hydrogen (secondary N) is 1. The minimum atomic E-state index is 0.269. The Morgan fingerprint density at radius 3 is 2.55 bits per heavy atom. The molecule has 0 saturated heterocycles. The number of nitrogens with zero attached hydrogens (tertiary/aromatic N) is 2. The largest absolute Gasteiger partial charge is 0.361 e. The summed E-state index contributed by atoms with van der Waals surface area (Å²) in [5.74, 6) is 1.32. The Balaban J connectivity index is 1.90. The minimum absolute atomic E-state index is 0.269. The molecule has 1 N–H and O–H groups in total. The van der Waals surface area contributed by atoms with Crippen LogP contribution in [0.4, 0.5) is 5.82 Å². The lowest BCUT2D eigenvalue weighted by atomic mass is 10.0. The summed E-state index contributed by atoms with van der Waals surface area (Å²) in [6, 6.07) is 12.5. The molecule has 2 heterocycles. The van der Waals surface area contributed by atoms with Crippen molar-refractivity contribution in [3.63, 3.8) is 0 Å². The summed E-state index contributed by atoms with van der Waals surface area (Å²) in [5.41, 5.74) is 1.85. The number of benzene rings is 1. The molecule has 0 aliphatic rings. The van der Waals surface area contributed by atoms with Gasteiger partial charge >= 0.3 is 0 Å². The van der Waals surface area contributed by atoms with Crippen LogP contribution < -0.4 is 5.32 Å². The summed E-state index contributed by atoms with van der Waals surface area (Å²) in [4.78, 5) is 10.4. The predicted molar refractivity (Wildman–Crippen MR) is 85.1 cm³/mol. The second-order valence-corrected chi connectivity index (χ2v) is 6.10. The summed E-state index contributed by atoms with van der Waals surface area (Å²) in [5, 5.41) is 5.62. The summed E-state index contributed by atoms with van der Waals surface area (Å²) in [7, 11) is 0. The maximum atomic E-state index is 4.64. The molecule has 3 nitrogen and oxygen atoms in total. The first-order chi connectivity index (χ1) is 9.74. The number of anilines is 1. The van der Waals surface area contributed by atoms with E-state index in [1.165, 1.54) is 4.88 Å². The van der Waals surface area contributed by atoms with Gasteiger partial charge in [0.15, 0.2) is 0 Å². The first-order valence-electron chi connectivity index (χ1n) is 6.76. The highest BCUT2D eigenvalue weighted by molar-refractivity contribution is 7.10. The van der Waals surface area contributed by atoms with E-state index in [1.807, 2.05) is 30.5 Å². The van der Waals surface area contributed by atoms with E-state index in [9.17, 15) is 0 Å². The quantitative estimate of drug-likeness (QED) is 0.766. The van der Waals surface area contributed by atoms with Crippen molar-refractivity contribution in [2.24, 2.45) is 5.92 Å². The zero-order chi connectivity index (χ0) is 13.9. The highest BCUT2D eigenvalue weighted by Gasteiger charge is 2.17. The van der Waals surface area contributed by atoms with Crippen LogP contribution in [0.1, 0.15) is 24.8 Å². The topological polar surface area (TPSA) is 37.8 Å². The summed E-state index contributed by atoms with van der Waals surface area (Å²) in [6.07, 6.45) is 1.81. The minimum Gasteiger partial charge on any atom is -0.361 e. The molecule has 0 fully saturated rings. The molecule has 0 radical (unpaired) electrons. The van der Waals surface area contributed by atoms with Crippen LogP contribution in [0, 0.1) is 5.92 Å². The van der Waals surface area contributed by atoms with Crippen molar-refractivity contribution >= 4 is 28.2 Å². The molecule has 0 amide bonds. The molecule has 1 unspecified atom stereocenters. The van der Waals surface area contributed by atoms with Crippen molar-refractivity contribution in [1.29, 1.82) is 0 Å². The van der Waals surface area contributed by atoms with Crippen LogP contribution in [-0.2, 0) is 0 Å². The molecular weight excluding hydrogens is 266 g/mol. The van der Waals surface area contributed by atoms with Crippen LogP contribution in [0.5, 0.6) is 0 Å². The van der Waals surface area contributed by atoms with Gasteiger partial charge in [0.2, 0.25) is 0 Å². The van der Waals surface area contributed by atoms with Crippen molar-refractivity contribution in [3.05, 3.63) is 52.9 Å². The fraction of sp³-hybridized carbons (Fsp3) is 0.250. The first kappa shape index (κ1) is 13.1. The van der Waals surface area contributed by atoms with E-state index in [0.29, 0.717) is 5.92 Å². The van der Waals surface area contributed by atoms with Crippen molar-refractivity contribution in [1.82, 2.24) is 9.97 Å². The predicted octanol–water partition coefficient (Wildman–Crippen LogP) is 4.50. The van der Waals surface area contributed by atoms with Gasteiger partial charge in [-0.1, -0.05) is 32.0 Å². The van der Waals surface area contributed by atoms with Gasteiger partial charge in [-0.25, -0.2) is 4.98 Å². The van der Waals surface area contributed by atoms with Crippen molar-refractivity contribution in [2.75, 3.05) is 5.32 Å². The van der Waals surface area contributed by atoms with Gasteiger partial charge in [0.1, 0.15) is 5.82 Å². The third kappa shape index (κ3) is 2.65. The van der Waals surface area contributed by atoms with E-state index < -0.39 is 0 Å². The number of aromatic nitrogens is 2. The van der Waals surface area contributed by atoms with Gasteiger partial charge in [0.25, 0.3) is 0 Å². The zero-order valence-corrected chi connectivity index (χ0v) is 12.4. The second-order valence-electron chi connectivity index (χ2n) is 5.13. The Morgan fingerprint density at radius 1 is 1.05 bits per heavy atom. The van der Waals surface area contributed by atoms with Gasteiger partial charge in [-0.05, 0) is 29.5 Å². The molecule has 0 aliphatic heterocycles. The fourth-order valence-corrected chi connectivity index (χ4v) is 3.17. The fourth-order valence-electron chi connectivity index (χ4n) is 2.22. The van der Waals surface area contributed by atoms with E-state index in [4.69, 9.17) is 0 Å². The molecule has 0 aliphatic carbocycles. The molecule has 0 saturated carbocycles. The van der Waals surface area contributed by atoms with Crippen LogP contribution in [0.25, 0.3) is 11.0 Å². The Kier molecular flexibility index (Phi) is 3.65. The molecule has 0 bridgehead atoms. The maximum absolute atomic E-state index is 4.64. The smallest absolute Gasteiger partial charge is 0.145 e. The Morgan fingerprint density at radius 2 is 1.85 bits per heavy atom. The van der Waals surface area contributed by atoms with Gasteiger partial charge in [-0.15, -0.1) is 11.3 Å². The Hall–Kier alpha value is -1.94. The van der Waals surface area contributed by atoms with E-state index in [2.05, 4.69) is 46.6 Å². The van der Waals surface area contributed by atoms with Gasteiger partial charge in [-0.3, -0.25) is 4.98 Å². The average molecular weight is 283 g/mol. The monoisotopic (exact) mass is 283 g/mol. The molecule has 4 heteroatoms. The van der Waals surface area contributed by atoms with Crippen molar-refractivity contribution in [2.45, 2.75) is 19.9 Å². The molecular formula is C16H17N3S. The SMILES string of the molecule is CC(C)C(Nc1cnc2ccccc2n1)c1cccs1. The molecule has 102 valence electrons. The summed E-state index contributed by atoms with van der Waals surface area (Å²) < 4.78 is 0. The van der Waals surface area contributed by atoms with E-state index in [1.54, 1.807) is 11.3 Å². The van der Waals surface area contributed by atoms with E-state index >= 15 is 0 Å². The molecule has 3 rings (SSSR count). The lowest BCUT2D eigenvalue weighted by Gasteiger charge is -2.21. The van der Waals surface area contributed by atoms with Gasteiger partial charge in [0, 0.05) is 4.88 Å². The summed E-state index contributed by atoms with van der Waals surface area (Å²) in [6.45, 7) is 4.43. The normalized spacial score (nSPS) is 12.8. The molecule has 3 aromatic rings. The lowest BCUT2D eigenvalue weighted by Crippen LogP contribution is -2.16. The highest BCUT2D eigenvalue weighted by Crippen LogP contribution is 2.29. The van der Waals surface area contributed by atoms with E-state index in [0.717, 1.165) is 16.9 Å². The second kappa shape index (κ2) is 5.59. The van der Waals surface area contributed by atoms with Gasteiger partial charge in [0.05, 0.1) is 23.3 Å². The van der Waals surface area contributed by atoms with E-state index in [-0.39, 0.29) is 6.04 Å². The number of thiophene rings is 1. The standard InChI is InChI=1S/C16H17N3S/c1-11(2)16(14-8-5-9-20-14)19-15-10-17-12-6-3-4-7-13(12)18-15/h3-11,16H,1-2H3,(H,18,19). The third-order valence-electron chi connectivity index (χ3n) is 3.27. The van der Waals surface area contributed by atoms with Crippen LogP contribution in [-0.4, -0.2) is 9.97 Å². The maximum Gasteiger partial charge on any atom is 0.145 e. The Labute approximate surface area is 122 Å². The van der Waals surface area contributed by atoms with Gasteiger partial charge < -0.3 is 5.32 Å². The molecule has 0 spiro atoms. The van der Waals surface area contributed by atoms with Crippen molar-refractivity contribution < 1.29 is 0 Å². The number of hydrogen-bond donors (Lipinski definition) is 1. The zero-order valence-electron chi connectivity index (χ0n) is 11.6. The van der Waals surface area contributed by atoms with Crippen LogP contribution in [0.2, 0.25) is 0 Å². The third-order valence-corrected chi connectivity index (χ3v) is 4.22. The Bertz CT molecular complexity index is 692. The number of rotatable bonds is 4. The van der Waals surface area contributed by atoms with Crippen LogP contribution in [0.15, 0.2) is 48.0 Å². The number of hydrogen-bond acceptors (Lipinski definition) is 4. The van der Waals surface area contributed by atoms with Crippen LogP contribution in [0.3, 0.4) is 0 Å². The summed E-state index contributed by atoms with van der Waals surface area (Å²) >= 11 is 1.77. The molecule has 1 atom stereocenters. The van der Waals surface area contributed by atoms with Crippen molar-refractivity contribution in [3.8, 4) is 0 Å². The first-order valence-corrected chi connectivity index (χ1v) is 7.64. The molecule has 1 aromatic carbocycles. The van der Waals surface area contributed by atoms with Gasteiger partial charge in [-0.2, -0.15) is 0 Å². The molecule has 20 heavy (non-hydrogen) atoms. The highest BCUT2D eigenvalue weighted by atomic mass is 32.1. The molecule has 2 aromatic heterocycles.